The van der Waals surface area contributed by atoms with E-state index in [0.29, 0.717) is 11.7 Å². The second kappa shape index (κ2) is 5.35. The van der Waals surface area contributed by atoms with Crippen molar-refractivity contribution in [2.45, 2.75) is 31.8 Å². The molecule has 0 radical (unpaired) electrons. The first-order chi connectivity index (χ1) is 8.58. The highest BCUT2D eigenvalue weighted by Gasteiger charge is 2.32. The molecule has 0 saturated carbocycles. The van der Waals surface area contributed by atoms with Crippen molar-refractivity contribution in [2.75, 3.05) is 12.5 Å². The van der Waals surface area contributed by atoms with Gasteiger partial charge in [0.1, 0.15) is 5.82 Å². The number of likely N-dealkylation sites (tertiary alicyclic amines) is 1. The minimum absolute atomic E-state index is 0.0498. The van der Waals surface area contributed by atoms with E-state index in [1.165, 1.54) is 12.1 Å². The first-order valence-electron chi connectivity index (χ1n) is 6.11. The maximum absolute atomic E-state index is 12.7. The molecule has 1 fully saturated rings. The molecule has 0 bridgehead atoms. The normalized spacial score (nSPS) is 23.9. The van der Waals surface area contributed by atoms with Crippen LogP contribution in [0, 0.1) is 5.82 Å². The van der Waals surface area contributed by atoms with Crippen LogP contribution in [0.1, 0.15) is 19.8 Å². The first-order valence-corrected chi connectivity index (χ1v) is 6.11. The quantitative estimate of drug-likeness (QED) is 0.804. The number of anilines is 1. The Morgan fingerprint density at radius 1 is 1.33 bits per heavy atom. The summed E-state index contributed by atoms with van der Waals surface area (Å²) in [6.07, 6.45) is 1.90. The van der Waals surface area contributed by atoms with Gasteiger partial charge in [-0.05, 0) is 51.1 Å². The van der Waals surface area contributed by atoms with Gasteiger partial charge in [-0.15, -0.1) is 0 Å². The summed E-state index contributed by atoms with van der Waals surface area (Å²) < 4.78 is 12.7. The van der Waals surface area contributed by atoms with Crippen molar-refractivity contribution in [2.24, 2.45) is 0 Å². The van der Waals surface area contributed by atoms with Gasteiger partial charge in [-0.3, -0.25) is 20.5 Å². The zero-order valence-corrected chi connectivity index (χ0v) is 10.6. The van der Waals surface area contributed by atoms with Crippen molar-refractivity contribution in [3.05, 3.63) is 30.1 Å². The molecule has 1 aromatic carbocycles. The fraction of sp³-hybridized carbons (Fsp3) is 0.462. The lowest BCUT2D eigenvalue weighted by atomic mass is 10.2. The molecule has 1 aromatic rings. The number of benzene rings is 1. The molecule has 98 valence electrons. The van der Waals surface area contributed by atoms with E-state index in [9.17, 15) is 9.18 Å². The summed E-state index contributed by atoms with van der Waals surface area (Å²) in [5.74, 6) is -0.345. The zero-order valence-electron chi connectivity index (χ0n) is 10.6. The summed E-state index contributed by atoms with van der Waals surface area (Å²) >= 11 is 0. The lowest BCUT2D eigenvalue weighted by Gasteiger charge is -2.22. The molecule has 1 amide bonds. The van der Waals surface area contributed by atoms with Crippen LogP contribution in [0.4, 0.5) is 10.1 Å². The summed E-state index contributed by atoms with van der Waals surface area (Å²) in [5, 5.41) is 0. The summed E-state index contributed by atoms with van der Waals surface area (Å²) in [4.78, 5) is 14.0. The number of carbonyl (C=O) groups excluding carboxylic acids is 1. The first kappa shape index (κ1) is 12.8. The Morgan fingerprint density at radius 3 is 2.56 bits per heavy atom. The van der Waals surface area contributed by atoms with Crippen molar-refractivity contribution in [3.63, 3.8) is 0 Å². The van der Waals surface area contributed by atoms with Gasteiger partial charge in [0.25, 0.3) is 5.91 Å². The SMILES string of the molecule is CC1CCC(C(=O)NNc2ccc(F)cc2)N1C. The van der Waals surface area contributed by atoms with Gasteiger partial charge in [-0.1, -0.05) is 0 Å². The molecule has 2 rings (SSSR count). The van der Waals surface area contributed by atoms with E-state index >= 15 is 0 Å². The van der Waals surface area contributed by atoms with Gasteiger partial charge in [-0.2, -0.15) is 0 Å². The van der Waals surface area contributed by atoms with E-state index in [-0.39, 0.29) is 17.8 Å². The average Bonchev–Trinajstić information content (AvgIpc) is 2.69. The lowest BCUT2D eigenvalue weighted by molar-refractivity contribution is -0.124. The number of halogens is 1. The number of hydrogen-bond donors (Lipinski definition) is 2. The van der Waals surface area contributed by atoms with E-state index < -0.39 is 0 Å². The van der Waals surface area contributed by atoms with Crippen molar-refractivity contribution in [1.82, 2.24) is 10.3 Å². The minimum atomic E-state index is -0.295. The highest BCUT2D eigenvalue weighted by molar-refractivity contribution is 5.83. The van der Waals surface area contributed by atoms with Crippen LogP contribution in [0.2, 0.25) is 0 Å². The van der Waals surface area contributed by atoms with E-state index in [1.54, 1.807) is 12.1 Å². The molecule has 4 nitrogen and oxygen atoms in total. The number of likely N-dealkylation sites (N-methyl/N-ethyl adjacent to an activating group) is 1. The van der Waals surface area contributed by atoms with E-state index in [0.717, 1.165) is 12.8 Å². The van der Waals surface area contributed by atoms with Gasteiger partial charge in [-0.25, -0.2) is 4.39 Å². The molecule has 18 heavy (non-hydrogen) atoms. The van der Waals surface area contributed by atoms with E-state index in [2.05, 4.69) is 22.7 Å². The molecule has 1 aliphatic heterocycles. The third-order valence-electron chi connectivity index (χ3n) is 3.52. The fourth-order valence-corrected chi connectivity index (χ4v) is 2.18. The monoisotopic (exact) mass is 251 g/mol. The van der Waals surface area contributed by atoms with Crippen LogP contribution in [-0.4, -0.2) is 29.9 Å². The van der Waals surface area contributed by atoms with Crippen LogP contribution in [-0.2, 0) is 4.79 Å². The summed E-state index contributed by atoms with van der Waals surface area (Å²) in [6.45, 7) is 2.11. The highest BCUT2D eigenvalue weighted by Crippen LogP contribution is 2.21. The number of amides is 1. The topological polar surface area (TPSA) is 44.4 Å². The molecule has 0 aliphatic carbocycles. The molecule has 2 atom stereocenters. The number of nitrogens with one attached hydrogen (secondary N) is 2. The van der Waals surface area contributed by atoms with Crippen molar-refractivity contribution in [3.8, 4) is 0 Å². The van der Waals surface area contributed by atoms with Crippen LogP contribution in [0.15, 0.2) is 24.3 Å². The van der Waals surface area contributed by atoms with Gasteiger partial charge in [0.05, 0.1) is 11.7 Å². The summed E-state index contributed by atoms with van der Waals surface area (Å²) in [6, 6.07) is 6.20. The second-order valence-electron chi connectivity index (χ2n) is 4.73. The number of nitrogens with zero attached hydrogens (tertiary/aromatic N) is 1. The molecule has 5 heteroatoms. The standard InChI is InChI=1S/C13H18FN3O/c1-9-3-8-12(17(9)2)13(18)16-15-11-6-4-10(14)5-7-11/h4-7,9,12,15H,3,8H2,1-2H3,(H,16,18). The molecule has 1 saturated heterocycles. The number of hydrogen-bond acceptors (Lipinski definition) is 3. The zero-order chi connectivity index (χ0) is 13.1. The molecular weight excluding hydrogens is 233 g/mol. The smallest absolute Gasteiger partial charge is 0.255 e. The fourth-order valence-electron chi connectivity index (χ4n) is 2.18. The largest absolute Gasteiger partial charge is 0.299 e. The number of rotatable bonds is 3. The van der Waals surface area contributed by atoms with Crippen molar-refractivity contribution in [1.29, 1.82) is 0 Å². The molecular formula is C13H18FN3O. The Labute approximate surface area is 106 Å². The van der Waals surface area contributed by atoms with Crippen LogP contribution in [0.25, 0.3) is 0 Å². The Kier molecular flexibility index (Phi) is 3.81. The third kappa shape index (κ3) is 2.79. The predicted octanol–water partition coefficient (Wildman–Crippen LogP) is 1.75. The van der Waals surface area contributed by atoms with E-state index in [4.69, 9.17) is 0 Å². The summed E-state index contributed by atoms with van der Waals surface area (Å²) in [5.41, 5.74) is 6.11. The number of carbonyl (C=O) groups is 1. The Hall–Kier alpha value is -1.62. The van der Waals surface area contributed by atoms with Gasteiger partial charge < -0.3 is 0 Å². The molecule has 0 spiro atoms. The Bertz CT molecular complexity index is 421. The Morgan fingerprint density at radius 2 is 2.00 bits per heavy atom. The van der Waals surface area contributed by atoms with Crippen LogP contribution in [0.5, 0.6) is 0 Å². The molecule has 1 heterocycles. The van der Waals surface area contributed by atoms with Crippen molar-refractivity contribution >= 4 is 11.6 Å². The van der Waals surface area contributed by atoms with Crippen LogP contribution >= 0.6 is 0 Å². The van der Waals surface area contributed by atoms with Gasteiger partial charge in [0, 0.05) is 6.04 Å². The van der Waals surface area contributed by atoms with Crippen molar-refractivity contribution < 1.29 is 9.18 Å². The number of hydrazine groups is 1. The average molecular weight is 251 g/mol. The highest BCUT2D eigenvalue weighted by atomic mass is 19.1. The van der Waals surface area contributed by atoms with E-state index in [1.807, 2.05) is 7.05 Å². The van der Waals surface area contributed by atoms with Gasteiger partial charge in [0.2, 0.25) is 0 Å². The molecule has 1 aliphatic rings. The minimum Gasteiger partial charge on any atom is -0.299 e. The van der Waals surface area contributed by atoms with Crippen LogP contribution in [0.3, 0.4) is 0 Å². The van der Waals surface area contributed by atoms with Gasteiger partial charge in [0.15, 0.2) is 0 Å². The molecule has 0 aromatic heterocycles. The third-order valence-corrected chi connectivity index (χ3v) is 3.52. The molecule has 2 N–H and O–H groups in total. The summed E-state index contributed by atoms with van der Waals surface area (Å²) in [7, 11) is 1.96. The second-order valence-corrected chi connectivity index (χ2v) is 4.73. The van der Waals surface area contributed by atoms with Gasteiger partial charge >= 0.3 is 0 Å². The Balaban J connectivity index is 1.87. The van der Waals surface area contributed by atoms with Crippen LogP contribution < -0.4 is 10.9 Å². The maximum Gasteiger partial charge on any atom is 0.255 e. The predicted molar refractivity (Wildman–Crippen MR) is 68.4 cm³/mol. The molecule has 2 unspecified atom stereocenters. The maximum atomic E-state index is 12.7. The lowest BCUT2D eigenvalue weighted by Crippen LogP contribution is -2.45.